The second-order valence-electron chi connectivity index (χ2n) is 5.96. The quantitative estimate of drug-likeness (QED) is 0.550. The van der Waals surface area contributed by atoms with Crippen LogP contribution in [0, 0.1) is 5.82 Å². The molecule has 0 heterocycles. The number of hydrogen-bond acceptors (Lipinski definition) is 5. The van der Waals surface area contributed by atoms with Gasteiger partial charge in [0.2, 0.25) is 10.0 Å². The number of halogens is 1. The van der Waals surface area contributed by atoms with Gasteiger partial charge in [0.05, 0.1) is 10.5 Å². The van der Waals surface area contributed by atoms with Gasteiger partial charge >= 0.3 is 5.97 Å². The van der Waals surface area contributed by atoms with Crippen LogP contribution in [0.3, 0.4) is 0 Å². The van der Waals surface area contributed by atoms with Crippen molar-refractivity contribution in [3.05, 3.63) is 65.5 Å². The summed E-state index contributed by atoms with van der Waals surface area (Å²) in [7, 11) is -3.67. The van der Waals surface area contributed by atoms with Crippen LogP contribution in [-0.2, 0) is 14.8 Å². The summed E-state index contributed by atoms with van der Waals surface area (Å²) < 4.78 is 44.9. The van der Waals surface area contributed by atoms with Gasteiger partial charge in [-0.05, 0) is 49.7 Å². The Kier molecular flexibility index (Phi) is 6.81. The number of benzene rings is 2. The Hall–Kier alpha value is -2.58. The average Bonchev–Trinajstić information content (AvgIpc) is 2.65. The molecule has 0 aliphatic rings. The van der Waals surface area contributed by atoms with Crippen LogP contribution in [0.2, 0.25) is 0 Å². The highest BCUT2D eigenvalue weighted by Crippen LogP contribution is 2.13. The van der Waals surface area contributed by atoms with E-state index in [2.05, 4.69) is 4.72 Å². The van der Waals surface area contributed by atoms with E-state index < -0.39 is 34.2 Å². The second-order valence-corrected chi connectivity index (χ2v) is 7.68. The number of hydrogen-bond donors (Lipinski definition) is 1. The van der Waals surface area contributed by atoms with Crippen molar-refractivity contribution < 1.29 is 27.1 Å². The standard InChI is InChI=1S/C19H20FNO5S/c1-3-13(2)21-27(24,25)17-9-7-14(8-10-17)19(23)26-12-18(22)15-5-4-6-16(20)11-15/h4-11,13,21H,3,12H2,1-2H3/t13-/m0/s1. The summed E-state index contributed by atoms with van der Waals surface area (Å²) >= 11 is 0. The molecule has 2 aromatic carbocycles. The molecule has 0 aliphatic carbocycles. The van der Waals surface area contributed by atoms with Gasteiger partial charge in [0.25, 0.3) is 0 Å². The fraction of sp³-hybridized carbons (Fsp3) is 0.263. The molecule has 0 aliphatic heterocycles. The predicted molar refractivity (Wildman–Crippen MR) is 97.5 cm³/mol. The smallest absolute Gasteiger partial charge is 0.338 e. The number of ether oxygens (including phenoxy) is 1. The van der Waals surface area contributed by atoms with E-state index in [1.54, 1.807) is 6.92 Å². The molecule has 0 bridgehead atoms. The van der Waals surface area contributed by atoms with Gasteiger partial charge in [0, 0.05) is 11.6 Å². The lowest BCUT2D eigenvalue weighted by Crippen LogP contribution is -2.32. The zero-order valence-electron chi connectivity index (χ0n) is 14.9. The molecular weight excluding hydrogens is 373 g/mol. The van der Waals surface area contributed by atoms with Crippen LogP contribution in [0.1, 0.15) is 41.0 Å². The lowest BCUT2D eigenvalue weighted by Gasteiger charge is -2.12. The van der Waals surface area contributed by atoms with E-state index in [1.165, 1.54) is 42.5 Å². The molecule has 6 nitrogen and oxygen atoms in total. The first-order valence-electron chi connectivity index (χ1n) is 8.31. The maximum absolute atomic E-state index is 13.1. The monoisotopic (exact) mass is 393 g/mol. The summed E-state index contributed by atoms with van der Waals surface area (Å²) in [4.78, 5) is 24.0. The van der Waals surface area contributed by atoms with E-state index in [4.69, 9.17) is 4.74 Å². The van der Waals surface area contributed by atoms with E-state index in [1.807, 2.05) is 6.92 Å². The molecule has 2 aromatic rings. The summed E-state index contributed by atoms with van der Waals surface area (Å²) in [5, 5.41) is 0. The van der Waals surface area contributed by atoms with Gasteiger partial charge in [-0.3, -0.25) is 4.79 Å². The highest BCUT2D eigenvalue weighted by atomic mass is 32.2. The van der Waals surface area contributed by atoms with Crippen molar-refractivity contribution in [3.8, 4) is 0 Å². The maximum Gasteiger partial charge on any atom is 0.338 e. The molecule has 0 radical (unpaired) electrons. The Morgan fingerprint density at radius 2 is 1.78 bits per heavy atom. The first kappa shape index (κ1) is 20.7. The lowest BCUT2D eigenvalue weighted by molar-refractivity contribution is 0.0474. The largest absolute Gasteiger partial charge is 0.454 e. The number of sulfonamides is 1. The molecule has 0 aromatic heterocycles. The van der Waals surface area contributed by atoms with Gasteiger partial charge in [0.15, 0.2) is 12.4 Å². The number of carbonyl (C=O) groups excluding carboxylic acids is 2. The van der Waals surface area contributed by atoms with Crippen LogP contribution in [0.25, 0.3) is 0 Å². The van der Waals surface area contributed by atoms with E-state index in [9.17, 15) is 22.4 Å². The molecule has 0 unspecified atom stereocenters. The zero-order valence-corrected chi connectivity index (χ0v) is 15.8. The summed E-state index contributed by atoms with van der Waals surface area (Å²) in [6, 6.07) is 10.0. The van der Waals surface area contributed by atoms with E-state index in [-0.39, 0.29) is 22.1 Å². The minimum Gasteiger partial charge on any atom is -0.454 e. The van der Waals surface area contributed by atoms with Gasteiger partial charge in [-0.1, -0.05) is 19.1 Å². The van der Waals surface area contributed by atoms with Crippen LogP contribution in [0.4, 0.5) is 4.39 Å². The average molecular weight is 393 g/mol. The Morgan fingerprint density at radius 3 is 2.37 bits per heavy atom. The first-order valence-corrected chi connectivity index (χ1v) is 9.79. The summed E-state index contributed by atoms with van der Waals surface area (Å²) in [6.45, 7) is 3.06. The molecule has 0 amide bonds. The maximum atomic E-state index is 13.1. The van der Waals surface area contributed by atoms with Crippen molar-refractivity contribution in [2.75, 3.05) is 6.61 Å². The highest BCUT2D eigenvalue weighted by molar-refractivity contribution is 7.89. The molecule has 1 atom stereocenters. The predicted octanol–water partition coefficient (Wildman–Crippen LogP) is 2.94. The highest BCUT2D eigenvalue weighted by Gasteiger charge is 2.18. The van der Waals surface area contributed by atoms with Crippen molar-refractivity contribution >= 4 is 21.8 Å². The zero-order chi connectivity index (χ0) is 20.0. The lowest BCUT2D eigenvalue weighted by atomic mass is 10.1. The minimum absolute atomic E-state index is 0.0233. The van der Waals surface area contributed by atoms with Gasteiger partial charge in [-0.15, -0.1) is 0 Å². The molecule has 0 saturated heterocycles. The molecule has 0 spiro atoms. The van der Waals surface area contributed by atoms with Crippen molar-refractivity contribution in [1.82, 2.24) is 4.72 Å². The molecule has 0 fully saturated rings. The van der Waals surface area contributed by atoms with Gasteiger partial charge < -0.3 is 4.74 Å². The number of Topliss-reactive ketones (excluding diaryl/α,β-unsaturated/α-hetero) is 1. The van der Waals surface area contributed by atoms with Crippen molar-refractivity contribution in [3.63, 3.8) is 0 Å². The first-order chi connectivity index (χ1) is 12.7. The van der Waals surface area contributed by atoms with Gasteiger partial charge in [-0.25, -0.2) is 22.3 Å². The van der Waals surface area contributed by atoms with Crippen LogP contribution in [0.15, 0.2) is 53.4 Å². The van der Waals surface area contributed by atoms with Crippen LogP contribution >= 0.6 is 0 Å². The molecular formula is C19H20FNO5S. The Balaban J connectivity index is 2.00. The minimum atomic E-state index is -3.67. The van der Waals surface area contributed by atoms with E-state index >= 15 is 0 Å². The summed E-state index contributed by atoms with van der Waals surface area (Å²) in [5.41, 5.74) is 0.199. The van der Waals surface area contributed by atoms with Crippen LogP contribution in [0.5, 0.6) is 0 Å². The number of esters is 1. The summed E-state index contributed by atoms with van der Waals surface area (Å²) in [5.74, 6) is -1.88. The van der Waals surface area contributed by atoms with Crippen molar-refractivity contribution in [1.29, 1.82) is 0 Å². The Bertz CT molecular complexity index is 925. The fourth-order valence-corrected chi connectivity index (χ4v) is 3.47. The van der Waals surface area contributed by atoms with Gasteiger partial charge in [0.1, 0.15) is 5.82 Å². The molecule has 1 N–H and O–H groups in total. The topological polar surface area (TPSA) is 89.5 Å². The molecule has 2 rings (SSSR count). The normalized spacial score (nSPS) is 12.4. The van der Waals surface area contributed by atoms with Crippen molar-refractivity contribution in [2.24, 2.45) is 0 Å². The van der Waals surface area contributed by atoms with Gasteiger partial charge in [-0.2, -0.15) is 0 Å². The third-order valence-electron chi connectivity index (χ3n) is 3.85. The third kappa shape index (κ3) is 5.70. The third-order valence-corrected chi connectivity index (χ3v) is 5.46. The number of ketones is 1. The number of rotatable bonds is 8. The molecule has 144 valence electrons. The molecule has 0 saturated carbocycles. The van der Waals surface area contributed by atoms with E-state index in [0.29, 0.717) is 6.42 Å². The van der Waals surface area contributed by atoms with E-state index in [0.717, 1.165) is 6.07 Å². The fourth-order valence-electron chi connectivity index (χ4n) is 2.15. The molecule has 27 heavy (non-hydrogen) atoms. The Morgan fingerprint density at radius 1 is 1.11 bits per heavy atom. The van der Waals surface area contributed by atoms with Crippen molar-refractivity contribution in [2.45, 2.75) is 31.2 Å². The number of carbonyl (C=O) groups is 2. The van der Waals surface area contributed by atoms with Crippen LogP contribution in [-0.4, -0.2) is 32.8 Å². The Labute approximate surface area is 157 Å². The second kappa shape index (κ2) is 8.88. The SMILES string of the molecule is CC[C@H](C)NS(=O)(=O)c1ccc(C(=O)OCC(=O)c2cccc(F)c2)cc1. The summed E-state index contributed by atoms with van der Waals surface area (Å²) in [6.07, 6.45) is 0.642. The molecule has 8 heteroatoms. The number of nitrogens with one attached hydrogen (secondary N) is 1. The van der Waals surface area contributed by atoms with Crippen LogP contribution < -0.4 is 4.72 Å².